The Bertz CT molecular complexity index is 442. The Hall–Kier alpha value is -1.72. The summed E-state index contributed by atoms with van der Waals surface area (Å²) in [5.41, 5.74) is -1.01. The summed E-state index contributed by atoms with van der Waals surface area (Å²) in [6, 6.07) is 2.68. The third-order valence-corrected chi connectivity index (χ3v) is 2.26. The minimum absolute atomic E-state index is 0.0853. The van der Waals surface area contributed by atoms with Crippen LogP contribution >= 0.6 is 0 Å². The molecule has 0 bridgehead atoms. The minimum atomic E-state index is -4.47. The molecule has 1 aliphatic rings. The monoisotopic (exact) mass is 231 g/mol. The highest BCUT2D eigenvalue weighted by atomic mass is 19.4. The Kier molecular flexibility index (Phi) is 2.29. The molecule has 2 rings (SSSR count). The van der Waals surface area contributed by atoms with Gasteiger partial charge in [0.1, 0.15) is 6.04 Å². The molecule has 0 saturated heterocycles. The molecule has 1 heterocycles. The van der Waals surface area contributed by atoms with E-state index in [1.165, 1.54) is 19.1 Å². The first kappa shape index (κ1) is 10.8. The molecule has 0 saturated carbocycles. The standard InChI is InChI=1S/C10H8F3NO2/c1-5-9(15)16-7-4-2-3-6(8(7)14-5)10(11,12)13/h2-5,14H,1H3. The summed E-state index contributed by atoms with van der Waals surface area (Å²) >= 11 is 0. The van der Waals surface area contributed by atoms with Crippen LogP contribution in [0.2, 0.25) is 0 Å². The zero-order valence-electron chi connectivity index (χ0n) is 8.26. The van der Waals surface area contributed by atoms with Crippen molar-refractivity contribution >= 4 is 11.7 Å². The van der Waals surface area contributed by atoms with Crippen molar-refractivity contribution in [1.29, 1.82) is 0 Å². The molecule has 0 spiro atoms. The van der Waals surface area contributed by atoms with Gasteiger partial charge in [-0.2, -0.15) is 13.2 Å². The number of anilines is 1. The third-order valence-electron chi connectivity index (χ3n) is 2.26. The number of esters is 1. The smallest absolute Gasteiger partial charge is 0.418 e. The number of carbonyl (C=O) groups excluding carboxylic acids is 1. The lowest BCUT2D eigenvalue weighted by atomic mass is 10.1. The maximum absolute atomic E-state index is 12.6. The van der Waals surface area contributed by atoms with E-state index in [2.05, 4.69) is 5.32 Å². The lowest BCUT2D eigenvalue weighted by molar-refractivity contribution is -0.139. The second-order valence-electron chi connectivity index (χ2n) is 3.46. The Morgan fingerprint density at radius 1 is 1.38 bits per heavy atom. The molecule has 86 valence electrons. The Labute approximate surface area is 89.2 Å². The molecule has 1 atom stereocenters. The zero-order chi connectivity index (χ0) is 11.9. The van der Waals surface area contributed by atoms with Gasteiger partial charge >= 0.3 is 12.1 Å². The van der Waals surface area contributed by atoms with Crippen LogP contribution in [0.1, 0.15) is 12.5 Å². The molecule has 0 amide bonds. The van der Waals surface area contributed by atoms with E-state index in [0.29, 0.717) is 0 Å². The van der Waals surface area contributed by atoms with E-state index in [9.17, 15) is 18.0 Å². The summed E-state index contributed by atoms with van der Waals surface area (Å²) in [6.07, 6.45) is -4.47. The van der Waals surface area contributed by atoms with Gasteiger partial charge in [0.25, 0.3) is 0 Å². The average Bonchev–Trinajstić information content (AvgIpc) is 2.17. The molecular formula is C10H8F3NO2. The van der Waals surface area contributed by atoms with Gasteiger partial charge in [-0.15, -0.1) is 0 Å². The van der Waals surface area contributed by atoms with Gasteiger partial charge in [0.05, 0.1) is 11.3 Å². The first-order valence-corrected chi connectivity index (χ1v) is 4.58. The van der Waals surface area contributed by atoms with Crippen LogP contribution in [0.25, 0.3) is 0 Å². The molecule has 16 heavy (non-hydrogen) atoms. The predicted octanol–water partition coefficient (Wildman–Crippen LogP) is 2.42. The Morgan fingerprint density at radius 2 is 2.06 bits per heavy atom. The van der Waals surface area contributed by atoms with E-state index in [4.69, 9.17) is 4.74 Å². The maximum atomic E-state index is 12.6. The number of hydrogen-bond acceptors (Lipinski definition) is 3. The van der Waals surface area contributed by atoms with E-state index in [1.54, 1.807) is 0 Å². The summed E-state index contributed by atoms with van der Waals surface area (Å²) < 4.78 is 42.6. The molecule has 0 aromatic heterocycles. The first-order chi connectivity index (χ1) is 7.39. The van der Waals surface area contributed by atoms with Gasteiger partial charge in [-0.3, -0.25) is 0 Å². The molecule has 0 radical (unpaired) electrons. The average molecular weight is 231 g/mol. The topological polar surface area (TPSA) is 38.3 Å². The fourth-order valence-corrected chi connectivity index (χ4v) is 1.47. The molecule has 0 aliphatic carbocycles. The number of halogens is 3. The highest BCUT2D eigenvalue weighted by Crippen LogP contribution is 2.41. The number of para-hydroxylation sites is 1. The van der Waals surface area contributed by atoms with Crippen molar-refractivity contribution in [3.63, 3.8) is 0 Å². The number of hydrogen-bond donors (Lipinski definition) is 1. The summed E-state index contributed by atoms with van der Waals surface area (Å²) in [6.45, 7) is 1.44. The highest BCUT2D eigenvalue weighted by Gasteiger charge is 2.37. The molecule has 6 heteroatoms. The Morgan fingerprint density at radius 3 is 2.69 bits per heavy atom. The van der Waals surface area contributed by atoms with Crippen molar-refractivity contribution in [2.75, 3.05) is 5.32 Å². The molecule has 1 N–H and O–H groups in total. The van der Waals surface area contributed by atoms with Gasteiger partial charge in [0, 0.05) is 0 Å². The first-order valence-electron chi connectivity index (χ1n) is 4.58. The molecule has 1 unspecified atom stereocenters. The SMILES string of the molecule is CC1Nc2c(cccc2C(F)(F)F)OC1=O. The zero-order valence-corrected chi connectivity index (χ0v) is 8.26. The van der Waals surface area contributed by atoms with Crippen LogP contribution in [0, 0.1) is 0 Å². The van der Waals surface area contributed by atoms with E-state index in [1.807, 2.05) is 0 Å². The van der Waals surface area contributed by atoms with Crippen molar-refractivity contribution in [3.8, 4) is 5.75 Å². The van der Waals surface area contributed by atoms with Gasteiger partial charge in [-0.1, -0.05) is 6.07 Å². The van der Waals surface area contributed by atoms with Crippen LogP contribution in [-0.4, -0.2) is 12.0 Å². The van der Waals surface area contributed by atoms with Crippen LogP contribution in [0.3, 0.4) is 0 Å². The number of alkyl halides is 3. The Balaban J connectivity index is 2.53. The van der Waals surface area contributed by atoms with Crippen molar-refractivity contribution < 1.29 is 22.7 Å². The second kappa shape index (κ2) is 3.40. The number of fused-ring (bicyclic) bond motifs is 1. The number of benzene rings is 1. The van der Waals surface area contributed by atoms with Gasteiger partial charge in [-0.05, 0) is 19.1 Å². The van der Waals surface area contributed by atoms with E-state index >= 15 is 0 Å². The molecule has 1 aliphatic heterocycles. The third kappa shape index (κ3) is 1.70. The predicted molar refractivity (Wildman–Crippen MR) is 50.2 cm³/mol. The van der Waals surface area contributed by atoms with E-state index < -0.39 is 23.8 Å². The van der Waals surface area contributed by atoms with Gasteiger partial charge in [0.15, 0.2) is 5.75 Å². The lowest BCUT2D eigenvalue weighted by Crippen LogP contribution is -2.35. The van der Waals surface area contributed by atoms with Crippen molar-refractivity contribution in [1.82, 2.24) is 0 Å². The van der Waals surface area contributed by atoms with Crippen molar-refractivity contribution in [3.05, 3.63) is 23.8 Å². The van der Waals surface area contributed by atoms with Gasteiger partial charge in [0.2, 0.25) is 0 Å². The summed E-state index contributed by atoms with van der Waals surface area (Å²) in [7, 11) is 0. The second-order valence-corrected chi connectivity index (χ2v) is 3.46. The van der Waals surface area contributed by atoms with E-state index in [-0.39, 0.29) is 11.4 Å². The minimum Gasteiger partial charge on any atom is -0.423 e. The molecular weight excluding hydrogens is 223 g/mol. The number of nitrogens with one attached hydrogen (secondary N) is 1. The largest absolute Gasteiger partial charge is 0.423 e. The van der Waals surface area contributed by atoms with Crippen molar-refractivity contribution in [2.24, 2.45) is 0 Å². The van der Waals surface area contributed by atoms with Gasteiger partial charge < -0.3 is 10.1 Å². The number of carbonyl (C=O) groups is 1. The normalized spacial score (nSPS) is 19.8. The molecule has 0 fully saturated rings. The number of rotatable bonds is 0. The highest BCUT2D eigenvalue weighted by molar-refractivity contribution is 5.87. The summed E-state index contributed by atoms with van der Waals surface area (Å²) in [4.78, 5) is 11.2. The van der Waals surface area contributed by atoms with Crippen molar-refractivity contribution in [2.45, 2.75) is 19.1 Å². The van der Waals surface area contributed by atoms with Crippen LogP contribution in [0.15, 0.2) is 18.2 Å². The maximum Gasteiger partial charge on any atom is 0.418 e. The lowest BCUT2D eigenvalue weighted by Gasteiger charge is -2.25. The van der Waals surface area contributed by atoms with Crippen LogP contribution in [0.4, 0.5) is 18.9 Å². The summed E-state index contributed by atoms with van der Waals surface area (Å²) in [5.74, 6) is -0.676. The van der Waals surface area contributed by atoms with E-state index in [0.717, 1.165) is 6.07 Å². The number of ether oxygens (including phenoxy) is 1. The van der Waals surface area contributed by atoms with Gasteiger partial charge in [-0.25, -0.2) is 4.79 Å². The molecule has 3 nitrogen and oxygen atoms in total. The summed E-state index contributed by atoms with van der Waals surface area (Å²) in [5, 5.41) is 2.49. The fourth-order valence-electron chi connectivity index (χ4n) is 1.47. The van der Waals surface area contributed by atoms with Crippen LogP contribution < -0.4 is 10.1 Å². The molecule has 1 aromatic rings. The fraction of sp³-hybridized carbons (Fsp3) is 0.300. The van der Waals surface area contributed by atoms with Crippen LogP contribution in [-0.2, 0) is 11.0 Å². The van der Waals surface area contributed by atoms with Crippen LogP contribution in [0.5, 0.6) is 5.75 Å². The molecule has 1 aromatic carbocycles. The quantitative estimate of drug-likeness (QED) is 0.550.